The minimum absolute atomic E-state index is 0.0366. The van der Waals surface area contributed by atoms with E-state index in [1.54, 1.807) is 12.1 Å². The predicted octanol–water partition coefficient (Wildman–Crippen LogP) is 4.44. The van der Waals surface area contributed by atoms with Gasteiger partial charge in [0, 0.05) is 42.3 Å². The van der Waals surface area contributed by atoms with E-state index in [9.17, 15) is 14.9 Å². The Morgan fingerprint density at radius 3 is 2.63 bits per heavy atom. The number of rotatable bonds is 8. The van der Waals surface area contributed by atoms with Crippen molar-refractivity contribution < 1.29 is 14.2 Å². The van der Waals surface area contributed by atoms with Crippen molar-refractivity contribution in [2.45, 2.75) is 39.7 Å². The summed E-state index contributed by atoms with van der Waals surface area (Å²) < 4.78 is 5.32. The maximum atomic E-state index is 13.0. The van der Waals surface area contributed by atoms with Gasteiger partial charge in [0.05, 0.1) is 4.92 Å². The Hall–Kier alpha value is -3.55. The molecule has 1 heterocycles. The molecule has 0 fully saturated rings. The summed E-state index contributed by atoms with van der Waals surface area (Å²) in [7, 11) is 0. The highest BCUT2D eigenvalue weighted by molar-refractivity contribution is 5.94. The van der Waals surface area contributed by atoms with Crippen LogP contribution in [0.2, 0.25) is 0 Å². The fourth-order valence-corrected chi connectivity index (χ4v) is 3.05. The molecule has 0 spiro atoms. The quantitative estimate of drug-likeness (QED) is 0.403. The van der Waals surface area contributed by atoms with Crippen LogP contribution in [-0.4, -0.2) is 38.5 Å². The largest absolute Gasteiger partial charge is 0.339 e. The van der Waals surface area contributed by atoms with Gasteiger partial charge in [-0.2, -0.15) is 4.98 Å². The second-order valence-corrected chi connectivity index (χ2v) is 7.19. The number of benzene rings is 2. The zero-order valence-electron chi connectivity index (χ0n) is 17.2. The van der Waals surface area contributed by atoms with Gasteiger partial charge in [0.2, 0.25) is 11.7 Å². The Kier molecular flexibility index (Phi) is 6.56. The number of aromatic nitrogens is 2. The van der Waals surface area contributed by atoms with E-state index in [1.165, 1.54) is 12.1 Å². The molecule has 0 N–H and O–H groups in total. The van der Waals surface area contributed by atoms with Crippen LogP contribution in [0.3, 0.4) is 0 Å². The van der Waals surface area contributed by atoms with Gasteiger partial charge in [-0.1, -0.05) is 41.9 Å². The van der Waals surface area contributed by atoms with Gasteiger partial charge >= 0.3 is 0 Å². The monoisotopic (exact) mass is 408 g/mol. The molecule has 3 rings (SSSR count). The first-order valence-electron chi connectivity index (χ1n) is 9.84. The van der Waals surface area contributed by atoms with Crippen molar-refractivity contribution in [3.8, 4) is 11.4 Å². The average Bonchev–Trinajstić information content (AvgIpc) is 3.23. The van der Waals surface area contributed by atoms with E-state index in [-0.39, 0.29) is 23.5 Å². The first-order valence-corrected chi connectivity index (χ1v) is 9.84. The predicted molar refractivity (Wildman–Crippen MR) is 112 cm³/mol. The third kappa shape index (κ3) is 4.89. The molecule has 0 aliphatic heterocycles. The molecule has 0 radical (unpaired) electrons. The van der Waals surface area contributed by atoms with E-state index in [2.05, 4.69) is 10.1 Å². The van der Waals surface area contributed by atoms with E-state index < -0.39 is 4.92 Å². The topological polar surface area (TPSA) is 102 Å². The number of nitro benzene ring substituents is 1. The zero-order chi connectivity index (χ0) is 21.7. The van der Waals surface area contributed by atoms with Gasteiger partial charge in [-0.15, -0.1) is 0 Å². The van der Waals surface area contributed by atoms with E-state index in [1.807, 2.05) is 49.9 Å². The smallest absolute Gasteiger partial charge is 0.270 e. The highest BCUT2D eigenvalue weighted by Crippen LogP contribution is 2.22. The number of aryl methyl sites for hydroxylation is 1. The Morgan fingerprint density at radius 1 is 1.23 bits per heavy atom. The second kappa shape index (κ2) is 9.30. The fraction of sp³-hybridized carbons (Fsp3) is 0.318. The molecule has 8 nitrogen and oxygen atoms in total. The van der Waals surface area contributed by atoms with E-state index >= 15 is 0 Å². The number of carbonyl (C=O) groups excluding carboxylic acids is 1. The van der Waals surface area contributed by atoms with Crippen LogP contribution in [0, 0.1) is 17.0 Å². The van der Waals surface area contributed by atoms with Crippen molar-refractivity contribution in [3.05, 3.63) is 75.7 Å². The van der Waals surface area contributed by atoms with Gasteiger partial charge in [0.25, 0.3) is 11.6 Å². The molecule has 0 aliphatic carbocycles. The van der Waals surface area contributed by atoms with E-state index in [0.717, 1.165) is 12.0 Å². The van der Waals surface area contributed by atoms with Crippen LogP contribution >= 0.6 is 0 Å². The molecule has 0 saturated heterocycles. The van der Waals surface area contributed by atoms with Crippen LogP contribution in [-0.2, 0) is 6.42 Å². The average molecular weight is 408 g/mol. The fourth-order valence-electron chi connectivity index (χ4n) is 3.05. The molecular formula is C22H24N4O4. The summed E-state index contributed by atoms with van der Waals surface area (Å²) in [5.74, 6) is 0.623. The molecule has 0 saturated carbocycles. The van der Waals surface area contributed by atoms with Gasteiger partial charge < -0.3 is 9.42 Å². The van der Waals surface area contributed by atoms with Gasteiger partial charge in [0.1, 0.15) is 0 Å². The standard InChI is InChI=1S/C22H24N4O4/c1-4-16(3)25(22(27)17-10-8-15(2)9-11-17)13-12-20-23-21(24-30-20)18-6-5-7-19(14-18)26(28)29/h5-11,14,16H,4,12-13H2,1-3H3. The molecule has 1 amide bonds. The van der Waals surface area contributed by atoms with Crippen molar-refractivity contribution in [2.75, 3.05) is 6.54 Å². The highest BCUT2D eigenvalue weighted by atomic mass is 16.6. The SMILES string of the molecule is CCC(C)N(CCc1nc(-c2cccc([N+](=O)[O-])c2)no1)C(=O)c1ccc(C)cc1. The Balaban J connectivity index is 1.73. The maximum Gasteiger partial charge on any atom is 0.270 e. The lowest BCUT2D eigenvalue weighted by Gasteiger charge is -2.28. The van der Waals surface area contributed by atoms with Crippen LogP contribution < -0.4 is 0 Å². The summed E-state index contributed by atoms with van der Waals surface area (Å²) in [6.45, 7) is 6.45. The van der Waals surface area contributed by atoms with Crippen LogP contribution in [0.1, 0.15) is 42.1 Å². The van der Waals surface area contributed by atoms with Crippen molar-refractivity contribution in [1.29, 1.82) is 0 Å². The molecule has 3 aromatic rings. The molecule has 1 atom stereocenters. The van der Waals surface area contributed by atoms with Crippen LogP contribution in [0.15, 0.2) is 53.1 Å². The zero-order valence-corrected chi connectivity index (χ0v) is 17.2. The number of amides is 1. The molecule has 1 aromatic heterocycles. The molecule has 156 valence electrons. The van der Waals surface area contributed by atoms with Crippen LogP contribution in [0.25, 0.3) is 11.4 Å². The molecule has 1 unspecified atom stereocenters. The van der Waals surface area contributed by atoms with Crippen molar-refractivity contribution >= 4 is 11.6 Å². The highest BCUT2D eigenvalue weighted by Gasteiger charge is 2.21. The number of nitro groups is 1. The van der Waals surface area contributed by atoms with Crippen molar-refractivity contribution in [1.82, 2.24) is 15.0 Å². The van der Waals surface area contributed by atoms with Crippen molar-refractivity contribution in [2.24, 2.45) is 0 Å². The molecule has 0 aliphatic rings. The summed E-state index contributed by atoms with van der Waals surface area (Å²) in [6, 6.07) is 13.6. The van der Waals surface area contributed by atoms with E-state index in [0.29, 0.717) is 30.0 Å². The third-order valence-corrected chi connectivity index (χ3v) is 5.03. The van der Waals surface area contributed by atoms with Gasteiger partial charge in [-0.3, -0.25) is 14.9 Å². The number of carbonyl (C=O) groups is 1. The van der Waals surface area contributed by atoms with Gasteiger partial charge in [0.15, 0.2) is 0 Å². The number of nitrogens with zero attached hydrogens (tertiary/aromatic N) is 4. The molecule has 0 bridgehead atoms. The van der Waals surface area contributed by atoms with E-state index in [4.69, 9.17) is 4.52 Å². The first-order chi connectivity index (χ1) is 14.4. The number of hydrogen-bond acceptors (Lipinski definition) is 6. The van der Waals surface area contributed by atoms with Crippen molar-refractivity contribution in [3.63, 3.8) is 0 Å². The third-order valence-electron chi connectivity index (χ3n) is 5.03. The maximum absolute atomic E-state index is 13.0. The van der Waals surface area contributed by atoms with Gasteiger partial charge in [-0.05, 0) is 32.4 Å². The molecular weight excluding hydrogens is 384 g/mol. The number of non-ortho nitro benzene ring substituents is 1. The second-order valence-electron chi connectivity index (χ2n) is 7.19. The summed E-state index contributed by atoms with van der Waals surface area (Å²) in [5.41, 5.74) is 2.21. The first kappa shape index (κ1) is 21.2. The summed E-state index contributed by atoms with van der Waals surface area (Å²) in [4.78, 5) is 29.6. The van der Waals surface area contributed by atoms with Crippen LogP contribution in [0.4, 0.5) is 5.69 Å². The number of hydrogen-bond donors (Lipinski definition) is 0. The molecule has 30 heavy (non-hydrogen) atoms. The Labute approximate surface area is 174 Å². The minimum atomic E-state index is -0.467. The Morgan fingerprint density at radius 2 is 1.97 bits per heavy atom. The summed E-state index contributed by atoms with van der Waals surface area (Å²) in [5, 5.41) is 14.9. The lowest BCUT2D eigenvalue weighted by Crippen LogP contribution is -2.39. The van der Waals surface area contributed by atoms with Crippen LogP contribution in [0.5, 0.6) is 0 Å². The lowest BCUT2D eigenvalue weighted by molar-refractivity contribution is -0.384. The molecule has 8 heteroatoms. The normalized spacial score (nSPS) is 11.8. The Bertz CT molecular complexity index is 1030. The molecule has 2 aromatic carbocycles. The summed E-state index contributed by atoms with van der Waals surface area (Å²) in [6.07, 6.45) is 1.21. The summed E-state index contributed by atoms with van der Waals surface area (Å²) >= 11 is 0. The van der Waals surface area contributed by atoms with Gasteiger partial charge in [-0.25, -0.2) is 0 Å². The minimum Gasteiger partial charge on any atom is -0.339 e. The lowest BCUT2D eigenvalue weighted by atomic mass is 10.1.